The van der Waals surface area contributed by atoms with E-state index in [4.69, 9.17) is 16.6 Å². The molecule has 1 heterocycles. The molecule has 1 aromatic rings. The Morgan fingerprint density at radius 2 is 2.37 bits per heavy atom. The van der Waals surface area contributed by atoms with Crippen molar-refractivity contribution < 1.29 is 19.3 Å². The van der Waals surface area contributed by atoms with Gasteiger partial charge in [-0.15, -0.1) is 0 Å². The number of aromatic nitrogens is 2. The van der Waals surface area contributed by atoms with Gasteiger partial charge in [0.15, 0.2) is 6.10 Å². The van der Waals surface area contributed by atoms with Crippen LogP contribution in [0, 0.1) is 0 Å². The second-order valence-corrected chi connectivity index (χ2v) is 3.80. The monoisotopic (exact) mass is 274 g/mol. The summed E-state index contributed by atoms with van der Waals surface area (Å²) in [6, 6.07) is 1.31. The molecule has 1 rings (SSSR count). The van der Waals surface area contributed by atoms with Crippen LogP contribution in [0.3, 0.4) is 0 Å². The zero-order valence-corrected chi connectivity index (χ0v) is 9.99. The molecule has 0 aliphatic carbocycles. The van der Waals surface area contributed by atoms with Crippen LogP contribution in [0.2, 0.25) is 0 Å². The molecular weight excluding hydrogens is 259 g/mol. The van der Waals surface area contributed by atoms with Gasteiger partial charge in [0.05, 0.1) is 0 Å². The van der Waals surface area contributed by atoms with Gasteiger partial charge in [0.25, 0.3) is 5.85 Å². The van der Waals surface area contributed by atoms with Gasteiger partial charge in [0.2, 0.25) is 0 Å². The summed E-state index contributed by atoms with van der Waals surface area (Å²) in [6.45, 7) is 1.40. The van der Waals surface area contributed by atoms with Gasteiger partial charge < -0.3 is 26.4 Å². The standard InChI is InChI=1S/C10H15FN4O4/c1-6(12)8(17)10(11,4-16)19-5-15-3-2-7(13)14-9(15)18/h2-3,8,16-17H,1,4-5,12H2,(H2,13,14,18)/t8-,10+/m0/s1. The van der Waals surface area contributed by atoms with Gasteiger partial charge in [0.1, 0.15) is 19.2 Å². The molecule has 0 aliphatic heterocycles. The lowest BCUT2D eigenvalue weighted by Crippen LogP contribution is -2.47. The van der Waals surface area contributed by atoms with Crippen molar-refractivity contribution in [1.82, 2.24) is 9.55 Å². The largest absolute Gasteiger partial charge is 0.400 e. The first-order valence-corrected chi connectivity index (χ1v) is 5.19. The Labute approximate surface area is 107 Å². The van der Waals surface area contributed by atoms with Gasteiger partial charge in [-0.3, -0.25) is 4.57 Å². The second-order valence-electron chi connectivity index (χ2n) is 3.80. The first-order chi connectivity index (χ1) is 8.80. The molecule has 6 N–H and O–H groups in total. The summed E-state index contributed by atoms with van der Waals surface area (Å²) in [7, 11) is 0. The highest BCUT2D eigenvalue weighted by Gasteiger charge is 2.40. The lowest BCUT2D eigenvalue weighted by atomic mass is 10.1. The zero-order chi connectivity index (χ0) is 14.6. The van der Waals surface area contributed by atoms with E-state index < -0.39 is 36.7 Å². The predicted octanol–water partition coefficient (Wildman–Crippen LogP) is -1.71. The fraction of sp³-hybridized carbons (Fsp3) is 0.400. The van der Waals surface area contributed by atoms with Crippen molar-refractivity contribution in [2.24, 2.45) is 5.73 Å². The maximum atomic E-state index is 14.0. The average Bonchev–Trinajstić information content (AvgIpc) is 2.36. The van der Waals surface area contributed by atoms with Gasteiger partial charge in [-0.2, -0.15) is 4.98 Å². The fourth-order valence-electron chi connectivity index (χ4n) is 1.21. The molecule has 19 heavy (non-hydrogen) atoms. The Balaban J connectivity index is 2.83. The first kappa shape index (κ1) is 15.1. The lowest BCUT2D eigenvalue weighted by Gasteiger charge is -2.28. The molecule has 0 radical (unpaired) electrons. The Hall–Kier alpha value is -1.97. The Bertz CT molecular complexity index is 520. The molecular formula is C10H15FN4O4. The van der Waals surface area contributed by atoms with E-state index in [1.54, 1.807) is 0 Å². The SMILES string of the molecule is C=C(N)[C@H](O)[C@@](F)(CO)OCn1ccc(N)nc1=O. The topological polar surface area (TPSA) is 137 Å². The van der Waals surface area contributed by atoms with Crippen molar-refractivity contribution in [2.45, 2.75) is 18.7 Å². The zero-order valence-electron chi connectivity index (χ0n) is 9.99. The Kier molecular flexibility index (Phi) is 4.59. The summed E-state index contributed by atoms with van der Waals surface area (Å²) in [5.74, 6) is -2.86. The van der Waals surface area contributed by atoms with Crippen LogP contribution < -0.4 is 17.2 Å². The molecule has 0 bridgehead atoms. The van der Waals surface area contributed by atoms with Crippen molar-refractivity contribution in [2.75, 3.05) is 12.3 Å². The minimum Gasteiger partial charge on any atom is -0.400 e. The maximum absolute atomic E-state index is 14.0. The predicted molar refractivity (Wildman–Crippen MR) is 64.3 cm³/mol. The number of nitrogens with two attached hydrogens (primary N) is 2. The van der Waals surface area contributed by atoms with Crippen molar-refractivity contribution in [3.63, 3.8) is 0 Å². The number of hydrogen-bond acceptors (Lipinski definition) is 7. The molecule has 0 fully saturated rings. The fourth-order valence-corrected chi connectivity index (χ4v) is 1.21. The van der Waals surface area contributed by atoms with E-state index in [0.717, 1.165) is 4.57 Å². The van der Waals surface area contributed by atoms with Gasteiger partial charge in [0, 0.05) is 11.9 Å². The van der Waals surface area contributed by atoms with Crippen LogP contribution in [0.15, 0.2) is 29.3 Å². The summed E-state index contributed by atoms with van der Waals surface area (Å²) >= 11 is 0. The summed E-state index contributed by atoms with van der Waals surface area (Å²) in [4.78, 5) is 14.7. The minimum absolute atomic E-state index is 0.00490. The van der Waals surface area contributed by atoms with Crippen LogP contribution in [0.5, 0.6) is 0 Å². The van der Waals surface area contributed by atoms with E-state index in [2.05, 4.69) is 16.3 Å². The van der Waals surface area contributed by atoms with Crippen LogP contribution in [0.4, 0.5) is 10.2 Å². The van der Waals surface area contributed by atoms with E-state index in [-0.39, 0.29) is 5.82 Å². The molecule has 8 nitrogen and oxygen atoms in total. The van der Waals surface area contributed by atoms with E-state index in [1.165, 1.54) is 12.3 Å². The highest BCUT2D eigenvalue weighted by Crippen LogP contribution is 2.21. The number of aliphatic hydroxyl groups is 2. The summed E-state index contributed by atoms with van der Waals surface area (Å²) in [5, 5.41) is 18.3. The number of halogens is 1. The summed E-state index contributed by atoms with van der Waals surface area (Å²) < 4.78 is 19.6. The lowest BCUT2D eigenvalue weighted by molar-refractivity contribution is -0.234. The average molecular weight is 274 g/mol. The second kappa shape index (κ2) is 5.78. The molecule has 0 aliphatic rings. The van der Waals surface area contributed by atoms with Crippen LogP contribution in [-0.2, 0) is 11.5 Å². The number of rotatable bonds is 6. The number of anilines is 1. The molecule has 1 aromatic heterocycles. The molecule has 0 aromatic carbocycles. The van der Waals surface area contributed by atoms with E-state index in [0.29, 0.717) is 0 Å². The third kappa shape index (κ3) is 3.50. The molecule has 106 valence electrons. The van der Waals surface area contributed by atoms with E-state index in [1.807, 2.05) is 0 Å². The minimum atomic E-state index is -2.87. The van der Waals surface area contributed by atoms with E-state index in [9.17, 15) is 14.3 Å². The summed E-state index contributed by atoms with van der Waals surface area (Å²) in [6.07, 6.45) is -0.707. The number of aliphatic hydroxyl groups excluding tert-OH is 2. The van der Waals surface area contributed by atoms with Crippen molar-refractivity contribution in [3.8, 4) is 0 Å². The van der Waals surface area contributed by atoms with Crippen molar-refractivity contribution >= 4 is 5.82 Å². The van der Waals surface area contributed by atoms with Crippen LogP contribution in [0.25, 0.3) is 0 Å². The highest BCUT2D eigenvalue weighted by atomic mass is 19.2. The smallest absolute Gasteiger partial charge is 0.351 e. The number of ether oxygens (including phenoxy) is 1. The molecule has 0 saturated heterocycles. The van der Waals surface area contributed by atoms with Crippen LogP contribution in [-0.4, -0.2) is 38.3 Å². The molecule has 0 saturated carbocycles. The highest BCUT2D eigenvalue weighted by molar-refractivity contribution is 5.23. The molecule has 2 atom stereocenters. The van der Waals surface area contributed by atoms with Gasteiger partial charge in [-0.05, 0) is 6.07 Å². The molecule has 0 unspecified atom stereocenters. The number of nitrogen functional groups attached to an aromatic ring is 1. The van der Waals surface area contributed by atoms with Crippen molar-refractivity contribution in [1.29, 1.82) is 0 Å². The van der Waals surface area contributed by atoms with Gasteiger partial charge in [-0.25, -0.2) is 9.18 Å². The molecule has 0 spiro atoms. The molecule has 0 amide bonds. The van der Waals surface area contributed by atoms with E-state index >= 15 is 0 Å². The Morgan fingerprint density at radius 3 is 2.84 bits per heavy atom. The van der Waals surface area contributed by atoms with Gasteiger partial charge >= 0.3 is 5.69 Å². The quantitative estimate of drug-likeness (QED) is 0.484. The number of hydrogen-bond donors (Lipinski definition) is 4. The number of alkyl halides is 1. The first-order valence-electron chi connectivity index (χ1n) is 5.19. The third-order valence-electron chi connectivity index (χ3n) is 2.31. The third-order valence-corrected chi connectivity index (χ3v) is 2.31. The number of nitrogens with zero attached hydrogens (tertiary/aromatic N) is 2. The van der Waals surface area contributed by atoms with Crippen LogP contribution >= 0.6 is 0 Å². The maximum Gasteiger partial charge on any atom is 0.351 e. The molecule has 9 heteroatoms. The Morgan fingerprint density at radius 1 is 1.74 bits per heavy atom. The van der Waals surface area contributed by atoms with Gasteiger partial charge in [-0.1, -0.05) is 6.58 Å². The summed E-state index contributed by atoms with van der Waals surface area (Å²) in [5.41, 5.74) is 9.24. The van der Waals surface area contributed by atoms with Crippen LogP contribution in [0.1, 0.15) is 0 Å². The van der Waals surface area contributed by atoms with Crippen molar-refractivity contribution in [3.05, 3.63) is 35.0 Å². The normalized spacial score (nSPS) is 15.7.